The molecular formula is C15H12N4OS. The van der Waals surface area contributed by atoms with Gasteiger partial charge in [0.25, 0.3) is 0 Å². The standard InChI is InChI=1S/C15H12N4OS/c1-10-3-4-12(8-18-10)20-14-7-11(5-6-17-14)13-9-21-15(16-2)19-13/h3-9H,2H2,1H3. The first-order valence-electron chi connectivity index (χ1n) is 6.24. The Balaban J connectivity index is 1.85. The summed E-state index contributed by atoms with van der Waals surface area (Å²) in [4.78, 5) is 16.6. The van der Waals surface area contributed by atoms with Crippen LogP contribution in [0.3, 0.4) is 0 Å². The summed E-state index contributed by atoms with van der Waals surface area (Å²) >= 11 is 1.44. The summed E-state index contributed by atoms with van der Waals surface area (Å²) in [7, 11) is 0. The topological polar surface area (TPSA) is 60.3 Å². The van der Waals surface area contributed by atoms with E-state index in [1.54, 1.807) is 12.4 Å². The van der Waals surface area contributed by atoms with Gasteiger partial charge in [0.1, 0.15) is 5.75 Å². The van der Waals surface area contributed by atoms with Crippen LogP contribution in [-0.2, 0) is 0 Å². The third kappa shape index (κ3) is 3.11. The maximum atomic E-state index is 5.69. The zero-order valence-electron chi connectivity index (χ0n) is 11.4. The second-order valence-electron chi connectivity index (χ2n) is 4.29. The predicted octanol–water partition coefficient (Wildman–Crippen LogP) is 4.03. The minimum absolute atomic E-state index is 0.499. The summed E-state index contributed by atoms with van der Waals surface area (Å²) in [5.41, 5.74) is 2.69. The van der Waals surface area contributed by atoms with E-state index in [0.717, 1.165) is 17.0 Å². The van der Waals surface area contributed by atoms with E-state index in [1.807, 2.05) is 36.6 Å². The van der Waals surface area contributed by atoms with E-state index in [0.29, 0.717) is 16.8 Å². The molecule has 0 aliphatic carbocycles. The van der Waals surface area contributed by atoms with Crippen LogP contribution in [0.4, 0.5) is 5.13 Å². The van der Waals surface area contributed by atoms with Crippen molar-refractivity contribution in [2.75, 3.05) is 0 Å². The van der Waals surface area contributed by atoms with Crippen molar-refractivity contribution in [3.63, 3.8) is 0 Å². The minimum atomic E-state index is 0.499. The van der Waals surface area contributed by atoms with Crippen molar-refractivity contribution in [1.82, 2.24) is 15.0 Å². The molecule has 0 radical (unpaired) electrons. The summed E-state index contributed by atoms with van der Waals surface area (Å²) in [5.74, 6) is 1.15. The highest BCUT2D eigenvalue weighted by molar-refractivity contribution is 7.13. The van der Waals surface area contributed by atoms with Gasteiger partial charge in [0.15, 0.2) is 0 Å². The van der Waals surface area contributed by atoms with Gasteiger partial charge in [-0.1, -0.05) is 0 Å². The van der Waals surface area contributed by atoms with Crippen LogP contribution in [0.1, 0.15) is 5.69 Å². The largest absolute Gasteiger partial charge is 0.437 e. The molecule has 104 valence electrons. The van der Waals surface area contributed by atoms with Crippen LogP contribution in [0.25, 0.3) is 11.3 Å². The zero-order chi connectivity index (χ0) is 14.7. The maximum Gasteiger partial charge on any atom is 0.219 e. The Hall–Kier alpha value is -2.60. The molecule has 0 unspecified atom stereocenters. The molecule has 3 heterocycles. The molecule has 0 saturated heterocycles. The number of hydrogen-bond acceptors (Lipinski definition) is 6. The Morgan fingerprint density at radius 1 is 1.24 bits per heavy atom. The van der Waals surface area contributed by atoms with E-state index in [-0.39, 0.29) is 0 Å². The number of aliphatic imine (C=N–C) groups is 1. The fourth-order valence-electron chi connectivity index (χ4n) is 1.73. The SMILES string of the molecule is C=Nc1nc(-c2ccnc(Oc3ccc(C)nc3)c2)cs1. The van der Waals surface area contributed by atoms with Gasteiger partial charge >= 0.3 is 0 Å². The van der Waals surface area contributed by atoms with Crippen molar-refractivity contribution in [3.8, 4) is 22.9 Å². The molecule has 0 N–H and O–H groups in total. The second-order valence-corrected chi connectivity index (χ2v) is 5.13. The van der Waals surface area contributed by atoms with E-state index >= 15 is 0 Å². The molecule has 3 aromatic heterocycles. The number of nitrogens with zero attached hydrogens (tertiary/aromatic N) is 4. The van der Waals surface area contributed by atoms with E-state index in [2.05, 4.69) is 26.7 Å². The highest BCUT2D eigenvalue weighted by atomic mass is 32.1. The van der Waals surface area contributed by atoms with Crippen molar-refractivity contribution in [3.05, 3.63) is 47.7 Å². The summed E-state index contributed by atoms with van der Waals surface area (Å²) in [5, 5.41) is 2.57. The summed E-state index contributed by atoms with van der Waals surface area (Å²) in [6, 6.07) is 7.46. The number of aromatic nitrogens is 3. The van der Waals surface area contributed by atoms with Crippen LogP contribution in [0.5, 0.6) is 11.6 Å². The second kappa shape index (κ2) is 5.80. The highest BCUT2D eigenvalue weighted by Gasteiger charge is 2.06. The molecule has 5 nitrogen and oxygen atoms in total. The van der Waals surface area contributed by atoms with Crippen LogP contribution >= 0.6 is 11.3 Å². The lowest BCUT2D eigenvalue weighted by molar-refractivity contribution is 0.461. The number of rotatable bonds is 4. The first kappa shape index (κ1) is 13.4. The molecule has 3 rings (SSSR count). The lowest BCUT2D eigenvalue weighted by atomic mass is 10.2. The van der Waals surface area contributed by atoms with Crippen molar-refractivity contribution in [2.45, 2.75) is 6.92 Å². The van der Waals surface area contributed by atoms with Crippen LogP contribution < -0.4 is 4.74 Å². The number of aryl methyl sites for hydroxylation is 1. The average Bonchev–Trinajstić information content (AvgIpc) is 2.99. The van der Waals surface area contributed by atoms with Crippen LogP contribution in [0.2, 0.25) is 0 Å². The number of ether oxygens (including phenoxy) is 1. The fourth-order valence-corrected chi connectivity index (χ4v) is 2.36. The fraction of sp³-hybridized carbons (Fsp3) is 0.0667. The smallest absolute Gasteiger partial charge is 0.219 e. The zero-order valence-corrected chi connectivity index (χ0v) is 12.2. The highest BCUT2D eigenvalue weighted by Crippen LogP contribution is 2.28. The van der Waals surface area contributed by atoms with E-state index in [9.17, 15) is 0 Å². The van der Waals surface area contributed by atoms with E-state index in [4.69, 9.17) is 4.74 Å². The summed E-state index contributed by atoms with van der Waals surface area (Å²) in [6.45, 7) is 5.40. The number of pyridine rings is 2. The van der Waals surface area contributed by atoms with E-state index < -0.39 is 0 Å². The molecule has 21 heavy (non-hydrogen) atoms. The third-order valence-electron chi connectivity index (χ3n) is 2.76. The first-order chi connectivity index (χ1) is 10.2. The van der Waals surface area contributed by atoms with Crippen molar-refractivity contribution >= 4 is 23.2 Å². The van der Waals surface area contributed by atoms with Crippen molar-refractivity contribution < 1.29 is 4.74 Å². The lowest BCUT2D eigenvalue weighted by Crippen LogP contribution is -1.90. The molecule has 0 fully saturated rings. The summed E-state index contributed by atoms with van der Waals surface area (Å²) < 4.78 is 5.69. The number of thiazole rings is 1. The minimum Gasteiger partial charge on any atom is -0.437 e. The Morgan fingerprint density at radius 2 is 2.14 bits per heavy atom. The van der Waals surface area contributed by atoms with Gasteiger partial charge < -0.3 is 4.74 Å². The molecule has 3 aromatic rings. The lowest BCUT2D eigenvalue weighted by Gasteiger charge is -2.05. The maximum absolute atomic E-state index is 5.69. The van der Waals surface area contributed by atoms with Gasteiger partial charge in [0.05, 0.1) is 11.9 Å². The Labute approximate surface area is 126 Å². The Bertz CT molecular complexity index is 767. The van der Waals surface area contributed by atoms with Gasteiger partial charge in [-0.2, -0.15) is 0 Å². The quantitative estimate of drug-likeness (QED) is 0.682. The van der Waals surface area contributed by atoms with Gasteiger partial charge in [0, 0.05) is 28.9 Å². The third-order valence-corrected chi connectivity index (χ3v) is 3.54. The molecule has 0 atom stereocenters. The van der Waals surface area contributed by atoms with Crippen LogP contribution in [0, 0.1) is 6.92 Å². The molecule has 0 saturated carbocycles. The Kier molecular flexibility index (Phi) is 3.70. The average molecular weight is 296 g/mol. The van der Waals surface area contributed by atoms with Gasteiger partial charge in [-0.3, -0.25) is 4.98 Å². The summed E-state index contributed by atoms with van der Waals surface area (Å²) in [6.07, 6.45) is 3.36. The normalized spacial score (nSPS) is 10.3. The molecule has 0 aromatic carbocycles. The molecular weight excluding hydrogens is 284 g/mol. The van der Waals surface area contributed by atoms with Gasteiger partial charge in [-0.15, -0.1) is 11.3 Å². The molecule has 0 bridgehead atoms. The van der Waals surface area contributed by atoms with E-state index in [1.165, 1.54) is 11.3 Å². The molecule has 0 aliphatic rings. The van der Waals surface area contributed by atoms with Gasteiger partial charge in [-0.05, 0) is 31.8 Å². The van der Waals surface area contributed by atoms with Gasteiger partial charge in [0.2, 0.25) is 11.0 Å². The molecule has 0 amide bonds. The molecule has 6 heteroatoms. The van der Waals surface area contributed by atoms with Crippen molar-refractivity contribution in [1.29, 1.82) is 0 Å². The van der Waals surface area contributed by atoms with Crippen LogP contribution in [-0.4, -0.2) is 21.7 Å². The molecule has 0 spiro atoms. The Morgan fingerprint density at radius 3 is 2.86 bits per heavy atom. The monoisotopic (exact) mass is 296 g/mol. The number of hydrogen-bond donors (Lipinski definition) is 0. The predicted molar refractivity (Wildman–Crippen MR) is 83.6 cm³/mol. The van der Waals surface area contributed by atoms with Gasteiger partial charge in [-0.25, -0.2) is 15.0 Å². The molecule has 0 aliphatic heterocycles. The van der Waals surface area contributed by atoms with Crippen LogP contribution in [0.15, 0.2) is 47.0 Å². The first-order valence-corrected chi connectivity index (χ1v) is 7.12. The van der Waals surface area contributed by atoms with Crippen molar-refractivity contribution in [2.24, 2.45) is 4.99 Å².